The molecule has 0 aromatic rings. The maximum absolute atomic E-state index is 10.1. The first-order valence-electron chi connectivity index (χ1n) is 2.68. The van der Waals surface area contributed by atoms with Gasteiger partial charge in [-0.05, 0) is 0 Å². The van der Waals surface area contributed by atoms with Crippen molar-refractivity contribution in [3.63, 3.8) is 0 Å². The summed E-state index contributed by atoms with van der Waals surface area (Å²) in [6, 6.07) is 0. The Labute approximate surface area is 65.7 Å². The van der Waals surface area contributed by atoms with E-state index >= 15 is 0 Å². The van der Waals surface area contributed by atoms with Gasteiger partial charge in [-0.3, -0.25) is 4.79 Å². The average molecular weight is 178 g/mol. The van der Waals surface area contributed by atoms with E-state index in [9.17, 15) is 13.8 Å². The van der Waals surface area contributed by atoms with Crippen molar-refractivity contribution in [3.05, 3.63) is 0 Å². The Kier molecular flexibility index (Phi) is 4.12. The molecule has 11 heavy (non-hydrogen) atoms. The van der Waals surface area contributed by atoms with Crippen LogP contribution in [-0.2, 0) is 20.8 Å². The lowest BCUT2D eigenvalue weighted by Gasteiger charge is -1.91. The lowest BCUT2D eigenvalue weighted by Crippen LogP contribution is -2.14. The second-order valence-electron chi connectivity index (χ2n) is 1.71. The molecule has 0 radical (unpaired) electrons. The zero-order valence-electron chi connectivity index (χ0n) is 5.44. The van der Waals surface area contributed by atoms with Gasteiger partial charge in [-0.1, -0.05) is 0 Å². The predicted octanol–water partition coefficient (Wildman–Crippen LogP) is -0.679. The molecule has 0 bridgehead atoms. The van der Waals surface area contributed by atoms with E-state index in [0.717, 1.165) is 0 Å². The molecular formula is C5H6O5S. The van der Waals surface area contributed by atoms with Crippen LogP contribution in [0.5, 0.6) is 0 Å². The van der Waals surface area contributed by atoms with Crippen LogP contribution in [0.3, 0.4) is 0 Å². The van der Waals surface area contributed by atoms with Crippen molar-refractivity contribution < 1.29 is 24.0 Å². The Morgan fingerprint density at radius 2 is 1.73 bits per heavy atom. The molecule has 0 rings (SSSR count). The van der Waals surface area contributed by atoms with Gasteiger partial charge in [0.2, 0.25) is 0 Å². The van der Waals surface area contributed by atoms with Crippen LogP contribution in [0.25, 0.3) is 0 Å². The molecule has 0 aromatic carbocycles. The summed E-state index contributed by atoms with van der Waals surface area (Å²) in [7, 11) is 0. The highest BCUT2D eigenvalue weighted by Gasteiger charge is 2.09. The molecule has 0 aliphatic carbocycles. The molecule has 5 nitrogen and oxygen atoms in total. The van der Waals surface area contributed by atoms with Crippen molar-refractivity contribution in [3.8, 4) is 0 Å². The molecule has 0 atom stereocenters. The summed E-state index contributed by atoms with van der Waals surface area (Å²) in [6.07, 6.45) is -0.532. The normalized spacial score (nSPS) is 8.73. The Morgan fingerprint density at radius 1 is 1.18 bits per heavy atom. The molecular weight excluding hydrogens is 172 g/mol. The monoisotopic (exact) mass is 178 g/mol. The van der Waals surface area contributed by atoms with Crippen molar-refractivity contribution in [2.45, 2.75) is 12.8 Å². The third kappa shape index (κ3) is 4.26. The van der Waals surface area contributed by atoms with E-state index in [-0.39, 0.29) is 29.0 Å². The Hall–Kier alpha value is -1.17. The Balaban J connectivity index is 4.03. The summed E-state index contributed by atoms with van der Waals surface area (Å²) < 4.78 is 9.99. The molecule has 0 heterocycles. The summed E-state index contributed by atoms with van der Waals surface area (Å²) in [4.78, 5) is 19.6. The smallest absolute Gasteiger partial charge is 0.344 e. The van der Waals surface area contributed by atoms with Gasteiger partial charge in [0.15, 0.2) is 0 Å². The maximum atomic E-state index is 10.1. The predicted molar refractivity (Wildman–Crippen MR) is 37.7 cm³/mol. The fourth-order valence-corrected chi connectivity index (χ4v) is 0.661. The highest BCUT2D eigenvalue weighted by Crippen LogP contribution is 1.91. The van der Waals surface area contributed by atoms with Crippen LogP contribution in [-0.4, -0.2) is 31.2 Å². The van der Waals surface area contributed by atoms with Gasteiger partial charge in [0.05, 0.1) is 17.7 Å². The van der Waals surface area contributed by atoms with E-state index in [1.165, 1.54) is 0 Å². The number of hydrogen-bond donors (Lipinski definition) is 2. The van der Waals surface area contributed by atoms with Gasteiger partial charge in [0.1, 0.15) is 4.86 Å². The average Bonchev–Trinajstić information content (AvgIpc) is 1.87. The van der Waals surface area contributed by atoms with Gasteiger partial charge >= 0.3 is 11.9 Å². The van der Waals surface area contributed by atoms with Crippen LogP contribution in [0.2, 0.25) is 0 Å². The van der Waals surface area contributed by atoms with Gasteiger partial charge in [-0.2, -0.15) is 0 Å². The van der Waals surface area contributed by atoms with Crippen molar-refractivity contribution in [1.82, 2.24) is 0 Å². The van der Waals surface area contributed by atoms with E-state index in [4.69, 9.17) is 10.2 Å². The zero-order chi connectivity index (χ0) is 8.85. The van der Waals surface area contributed by atoms with E-state index in [0.29, 0.717) is 0 Å². The number of carboxylic acid groups (broad SMARTS) is 2. The molecule has 6 heteroatoms. The minimum absolute atomic E-state index is 0.176. The van der Waals surface area contributed by atoms with Crippen molar-refractivity contribution >= 4 is 28.1 Å². The number of rotatable bonds is 4. The van der Waals surface area contributed by atoms with E-state index < -0.39 is 11.9 Å². The second-order valence-corrected chi connectivity index (χ2v) is 2.36. The number of hydrogen-bond acceptors (Lipinski definition) is 3. The van der Waals surface area contributed by atoms with Crippen LogP contribution in [0.1, 0.15) is 12.8 Å². The van der Waals surface area contributed by atoms with Crippen molar-refractivity contribution in [2.24, 2.45) is 0 Å². The highest BCUT2D eigenvalue weighted by molar-refractivity contribution is 7.68. The molecule has 0 aliphatic rings. The first kappa shape index (κ1) is 9.83. The fourth-order valence-electron chi connectivity index (χ4n) is 0.405. The standard InChI is InChI=1S/C5H6O5S/c6-4(7)2-1-3(11-10)5(8)9/h1-2H2,(H,6,7)(H,8,9). The first-order valence-corrected chi connectivity index (χ1v) is 3.42. The van der Waals surface area contributed by atoms with Crippen LogP contribution in [0.15, 0.2) is 0 Å². The zero-order valence-corrected chi connectivity index (χ0v) is 6.26. The molecule has 0 aromatic heterocycles. The third-order valence-corrected chi connectivity index (χ3v) is 1.48. The van der Waals surface area contributed by atoms with Gasteiger partial charge in [0, 0.05) is 6.42 Å². The minimum Gasteiger partial charge on any atom is -0.481 e. The molecule has 0 fully saturated rings. The molecule has 0 spiro atoms. The lowest BCUT2D eigenvalue weighted by molar-refractivity contribution is -0.136. The van der Waals surface area contributed by atoms with Crippen molar-refractivity contribution in [2.75, 3.05) is 0 Å². The number of carboxylic acids is 2. The fraction of sp³-hybridized carbons (Fsp3) is 0.400. The first-order chi connectivity index (χ1) is 5.07. The van der Waals surface area contributed by atoms with Gasteiger partial charge < -0.3 is 10.2 Å². The molecule has 0 unspecified atom stereocenters. The van der Waals surface area contributed by atoms with Gasteiger partial charge in [-0.15, -0.1) is 0 Å². The quantitative estimate of drug-likeness (QED) is 0.556. The lowest BCUT2D eigenvalue weighted by atomic mass is 10.2. The van der Waals surface area contributed by atoms with E-state index in [1.54, 1.807) is 0 Å². The minimum atomic E-state index is -1.34. The molecule has 0 amide bonds. The second kappa shape index (κ2) is 4.62. The number of aliphatic carboxylic acids is 2. The summed E-state index contributed by atoms with van der Waals surface area (Å²) in [6.45, 7) is 0. The summed E-state index contributed by atoms with van der Waals surface area (Å²) in [5, 5.41) is 16.4. The Morgan fingerprint density at radius 3 is 2.00 bits per heavy atom. The summed E-state index contributed by atoms with van der Waals surface area (Å²) in [5.74, 6) is -2.45. The van der Waals surface area contributed by atoms with Crippen LogP contribution in [0.4, 0.5) is 0 Å². The van der Waals surface area contributed by atoms with Crippen molar-refractivity contribution in [1.29, 1.82) is 0 Å². The highest BCUT2D eigenvalue weighted by atomic mass is 32.1. The molecule has 0 saturated carbocycles. The van der Waals surface area contributed by atoms with Crippen LogP contribution < -0.4 is 0 Å². The van der Waals surface area contributed by atoms with Gasteiger partial charge in [0.25, 0.3) is 0 Å². The molecule has 62 valence electrons. The van der Waals surface area contributed by atoms with Crippen LogP contribution >= 0.6 is 0 Å². The maximum Gasteiger partial charge on any atom is 0.344 e. The largest absolute Gasteiger partial charge is 0.481 e. The third-order valence-electron chi connectivity index (χ3n) is 0.905. The molecule has 2 N–H and O–H groups in total. The van der Waals surface area contributed by atoms with E-state index in [2.05, 4.69) is 0 Å². The van der Waals surface area contributed by atoms with E-state index in [1.807, 2.05) is 0 Å². The van der Waals surface area contributed by atoms with Gasteiger partial charge in [-0.25, -0.2) is 9.00 Å². The summed E-state index contributed by atoms with van der Waals surface area (Å²) >= 11 is -0.176. The Bertz CT molecular complexity index is 227. The summed E-state index contributed by atoms with van der Waals surface area (Å²) in [5.41, 5.74) is 0. The molecule has 0 saturated heterocycles. The number of carbonyl (C=O) groups is 2. The topological polar surface area (TPSA) is 91.7 Å². The van der Waals surface area contributed by atoms with Crippen LogP contribution in [0, 0.1) is 0 Å². The molecule has 0 aliphatic heterocycles. The SMILES string of the molecule is O=S=C(CCC(=O)O)C(=O)O.